The highest BCUT2D eigenvalue weighted by Crippen LogP contribution is 2.38. The van der Waals surface area contributed by atoms with Gasteiger partial charge in [-0.05, 0) is 54.0 Å². The molecule has 1 amide bonds. The lowest BCUT2D eigenvalue weighted by atomic mass is 10.1. The van der Waals surface area contributed by atoms with Gasteiger partial charge in [0.1, 0.15) is 23.6 Å². The average molecular weight is 489 g/mol. The lowest BCUT2D eigenvalue weighted by Crippen LogP contribution is -2.19. The molecule has 1 aliphatic carbocycles. The van der Waals surface area contributed by atoms with Crippen molar-refractivity contribution in [3.8, 4) is 5.75 Å². The average Bonchev–Trinajstić information content (AvgIpc) is 3.42. The van der Waals surface area contributed by atoms with Gasteiger partial charge in [0, 0.05) is 5.56 Å². The zero-order chi connectivity index (χ0) is 23.9. The number of hydrogen-bond acceptors (Lipinski definition) is 3. The van der Waals surface area contributed by atoms with Crippen molar-refractivity contribution in [2.45, 2.75) is 32.0 Å². The number of halogens is 7. The molecule has 174 valence electrons. The van der Waals surface area contributed by atoms with Crippen molar-refractivity contribution < 1.29 is 40.3 Å². The van der Waals surface area contributed by atoms with Crippen LogP contribution in [0.2, 0.25) is 0 Å². The van der Waals surface area contributed by atoms with Crippen molar-refractivity contribution in [1.29, 1.82) is 0 Å². The molecule has 11 heteroatoms. The minimum absolute atomic E-state index is 0.0782. The largest absolute Gasteiger partial charge is 0.489 e. The van der Waals surface area contributed by atoms with Crippen molar-refractivity contribution in [2.24, 2.45) is 0 Å². The molecule has 0 bridgehead atoms. The molecule has 1 aliphatic rings. The molecule has 33 heavy (non-hydrogen) atoms. The van der Waals surface area contributed by atoms with Gasteiger partial charge < -0.3 is 10.1 Å². The first-order valence-corrected chi connectivity index (χ1v) is 10.5. The minimum atomic E-state index is -5.67. The molecule has 1 heterocycles. The van der Waals surface area contributed by atoms with E-state index >= 15 is 0 Å². The standard InChI is InChI=1S/C22H14F7NO2S/c23-16-15(22(27,28)29)17(24)19(26)20(18(16)25)30-21(31)14-6-10(9-33-14)8-32-13-5-4-11-2-1-3-12(11)7-13/h4-7,9H,1-3,8H2,(H,30,31). The van der Waals surface area contributed by atoms with E-state index in [9.17, 15) is 35.5 Å². The topological polar surface area (TPSA) is 38.3 Å². The van der Waals surface area contributed by atoms with Crippen molar-refractivity contribution in [3.05, 3.63) is 80.0 Å². The summed E-state index contributed by atoms with van der Waals surface area (Å²) >= 11 is 0.855. The van der Waals surface area contributed by atoms with Crippen LogP contribution in [0.25, 0.3) is 0 Å². The first-order valence-electron chi connectivity index (χ1n) is 9.62. The molecule has 1 aromatic heterocycles. The molecule has 1 N–H and O–H groups in total. The Balaban J connectivity index is 1.48. The number of carbonyl (C=O) groups excluding carboxylic acids is 1. The zero-order valence-electron chi connectivity index (χ0n) is 16.6. The van der Waals surface area contributed by atoms with Crippen LogP contribution in [0.5, 0.6) is 5.75 Å². The monoisotopic (exact) mass is 489 g/mol. The second-order valence-corrected chi connectivity index (χ2v) is 8.26. The van der Waals surface area contributed by atoms with Crippen molar-refractivity contribution in [3.63, 3.8) is 0 Å². The summed E-state index contributed by atoms with van der Waals surface area (Å²) in [5.74, 6) is -10.5. The Morgan fingerprint density at radius 2 is 1.64 bits per heavy atom. The number of rotatable bonds is 5. The molecule has 0 spiro atoms. The molecule has 0 radical (unpaired) electrons. The van der Waals surface area contributed by atoms with Gasteiger partial charge in [-0.15, -0.1) is 11.3 Å². The fourth-order valence-corrected chi connectivity index (χ4v) is 4.33. The molecule has 0 fully saturated rings. The Morgan fingerprint density at radius 3 is 2.30 bits per heavy atom. The summed E-state index contributed by atoms with van der Waals surface area (Å²) in [6.07, 6.45) is -2.60. The summed E-state index contributed by atoms with van der Waals surface area (Å²) in [4.78, 5) is 12.2. The van der Waals surface area contributed by atoms with Gasteiger partial charge in [0.15, 0.2) is 23.3 Å². The van der Waals surface area contributed by atoms with Gasteiger partial charge in [0.2, 0.25) is 0 Å². The van der Waals surface area contributed by atoms with Gasteiger partial charge >= 0.3 is 6.18 Å². The van der Waals surface area contributed by atoms with E-state index in [1.165, 1.54) is 22.6 Å². The van der Waals surface area contributed by atoms with E-state index in [1.54, 1.807) is 5.32 Å². The molecule has 3 aromatic rings. The molecule has 4 rings (SSSR count). The second-order valence-electron chi connectivity index (χ2n) is 7.35. The Kier molecular flexibility index (Phi) is 6.08. The van der Waals surface area contributed by atoms with Crippen molar-refractivity contribution in [2.75, 3.05) is 5.32 Å². The molecule has 0 atom stereocenters. The number of alkyl halides is 3. The number of anilines is 1. The number of carbonyl (C=O) groups is 1. The zero-order valence-corrected chi connectivity index (χ0v) is 17.4. The van der Waals surface area contributed by atoms with Crippen LogP contribution in [0.1, 0.15) is 38.3 Å². The number of hydrogen-bond donors (Lipinski definition) is 1. The molecule has 0 unspecified atom stereocenters. The van der Waals surface area contributed by atoms with Crippen LogP contribution < -0.4 is 10.1 Å². The summed E-state index contributed by atoms with van der Waals surface area (Å²) in [5.41, 5.74) is -1.34. The highest BCUT2D eigenvalue weighted by molar-refractivity contribution is 7.12. The van der Waals surface area contributed by atoms with Crippen LogP contribution in [0.4, 0.5) is 36.4 Å². The number of aryl methyl sites for hydroxylation is 2. The van der Waals surface area contributed by atoms with E-state index in [0.717, 1.165) is 30.6 Å². The quantitative estimate of drug-likeness (QED) is 0.322. The van der Waals surface area contributed by atoms with Crippen molar-refractivity contribution in [1.82, 2.24) is 0 Å². The Bertz CT molecular complexity index is 1210. The second kappa shape index (κ2) is 8.69. The van der Waals surface area contributed by atoms with Crippen LogP contribution in [-0.2, 0) is 25.6 Å². The van der Waals surface area contributed by atoms with Crippen LogP contribution >= 0.6 is 11.3 Å². The van der Waals surface area contributed by atoms with Gasteiger partial charge in [0.25, 0.3) is 5.91 Å². The van der Waals surface area contributed by atoms with Crippen LogP contribution in [0, 0.1) is 23.3 Å². The number of fused-ring (bicyclic) bond motifs is 1. The van der Waals surface area contributed by atoms with Gasteiger partial charge in [0.05, 0.1) is 4.88 Å². The lowest BCUT2D eigenvalue weighted by molar-refractivity contribution is -0.143. The molecular weight excluding hydrogens is 475 g/mol. The molecule has 2 aromatic carbocycles. The highest BCUT2D eigenvalue weighted by atomic mass is 32.1. The summed E-state index contributed by atoms with van der Waals surface area (Å²) in [6.45, 7) is 0.0782. The Morgan fingerprint density at radius 1 is 0.970 bits per heavy atom. The fourth-order valence-electron chi connectivity index (χ4n) is 3.54. The summed E-state index contributed by atoms with van der Waals surface area (Å²) in [7, 11) is 0. The number of nitrogens with one attached hydrogen (secondary N) is 1. The van der Waals surface area contributed by atoms with E-state index in [1.807, 2.05) is 18.2 Å². The SMILES string of the molecule is O=C(Nc1c(F)c(F)c(C(F)(F)F)c(F)c1F)c1cc(COc2ccc3c(c2)CCC3)cs1. The number of benzene rings is 2. The maximum absolute atomic E-state index is 14.0. The highest BCUT2D eigenvalue weighted by Gasteiger charge is 2.42. The smallest absolute Gasteiger partial charge is 0.422 e. The first kappa shape index (κ1) is 23.1. The van der Waals surface area contributed by atoms with Gasteiger partial charge in [-0.1, -0.05) is 6.07 Å². The maximum Gasteiger partial charge on any atom is 0.422 e. The van der Waals surface area contributed by atoms with E-state index in [4.69, 9.17) is 4.74 Å². The van der Waals surface area contributed by atoms with E-state index in [0.29, 0.717) is 11.3 Å². The summed E-state index contributed by atoms with van der Waals surface area (Å²) in [6, 6.07) is 7.07. The Hall–Kier alpha value is -3.08. The third-order valence-corrected chi connectivity index (χ3v) is 6.12. The van der Waals surface area contributed by atoms with Crippen molar-refractivity contribution >= 4 is 22.9 Å². The molecule has 3 nitrogen and oxygen atoms in total. The number of amides is 1. The first-order chi connectivity index (χ1) is 15.6. The summed E-state index contributed by atoms with van der Waals surface area (Å²) in [5, 5.41) is 3.13. The molecular formula is C22H14F7NO2S. The molecule has 0 aliphatic heterocycles. The minimum Gasteiger partial charge on any atom is -0.489 e. The third kappa shape index (κ3) is 4.54. The van der Waals surface area contributed by atoms with Gasteiger partial charge in [-0.25, -0.2) is 17.6 Å². The van der Waals surface area contributed by atoms with E-state index < -0.39 is 46.6 Å². The maximum atomic E-state index is 14.0. The molecule has 0 saturated heterocycles. The fraction of sp³-hybridized carbons (Fsp3) is 0.227. The third-order valence-electron chi connectivity index (χ3n) is 5.14. The van der Waals surface area contributed by atoms with E-state index in [2.05, 4.69) is 0 Å². The summed E-state index contributed by atoms with van der Waals surface area (Å²) < 4.78 is 99.2. The van der Waals surface area contributed by atoms with Crippen LogP contribution in [0.15, 0.2) is 29.6 Å². The predicted molar refractivity (Wildman–Crippen MR) is 106 cm³/mol. The van der Waals surface area contributed by atoms with Crippen LogP contribution in [-0.4, -0.2) is 5.91 Å². The lowest BCUT2D eigenvalue weighted by Gasteiger charge is -2.14. The van der Waals surface area contributed by atoms with Gasteiger partial charge in [-0.2, -0.15) is 13.2 Å². The van der Waals surface area contributed by atoms with Gasteiger partial charge in [-0.3, -0.25) is 4.79 Å². The van der Waals surface area contributed by atoms with Crippen LogP contribution in [0.3, 0.4) is 0 Å². The normalized spacial score (nSPS) is 13.2. The van der Waals surface area contributed by atoms with E-state index in [-0.39, 0.29) is 11.5 Å². The number of ether oxygens (including phenoxy) is 1. The molecule has 0 saturated carbocycles. The number of thiophene rings is 1. The predicted octanol–water partition coefficient (Wildman–Crippen LogP) is 6.64. The Labute approximate surface area is 186 Å².